The zero-order valence-electron chi connectivity index (χ0n) is 32.6. The highest BCUT2D eigenvalue weighted by molar-refractivity contribution is 5.91. The van der Waals surface area contributed by atoms with Crippen molar-refractivity contribution in [3.8, 4) is 0 Å². The Morgan fingerprint density at radius 1 is 0.750 bits per heavy atom. The number of alkyl carbamates (subject to hydrolysis) is 2. The van der Waals surface area contributed by atoms with Crippen molar-refractivity contribution in [1.29, 1.82) is 0 Å². The second-order valence-corrected chi connectivity index (χ2v) is 14.0. The molecule has 0 fully saturated rings. The Kier molecular flexibility index (Phi) is 21.2. The van der Waals surface area contributed by atoms with E-state index >= 15 is 0 Å². The lowest BCUT2D eigenvalue weighted by Crippen LogP contribution is -2.55. The quantitative estimate of drug-likeness (QED) is 0.142. The molecule has 0 saturated heterocycles. The molecule has 312 valence electrons. The maximum atomic E-state index is 12.5. The average molecular weight is 791 g/mol. The molecule has 0 saturated carbocycles. The van der Waals surface area contributed by atoms with Gasteiger partial charge in [-0.2, -0.15) is 0 Å². The van der Waals surface area contributed by atoms with Crippen LogP contribution < -0.4 is 16.0 Å². The van der Waals surface area contributed by atoms with Gasteiger partial charge in [0.1, 0.15) is 29.9 Å². The van der Waals surface area contributed by atoms with Crippen LogP contribution in [0.25, 0.3) is 0 Å². The van der Waals surface area contributed by atoms with Crippen molar-refractivity contribution in [3.05, 3.63) is 71.8 Å². The standard InChI is InChI=1S/C19H28N2O7.C19H26N2O6.CH4/c1-19(2,3)28-18(25)21-15(12-27-11-13-8-6-5-7-9-13)16(23)20-14(10-22)17(24)26-4;1-19(2,3)27-18(23)21-14(11-25-10-13-8-6-5-7-9-13)16-20-15(12-26-16)17(22)24-4;/h5-9,14-15,22H,10-12H2,1-4H3,(H,20,23)(H,21,25);5-9,14-15H,10-12H2,1-4H3,(H,21,23);1H4. The molecule has 4 unspecified atom stereocenters. The summed E-state index contributed by atoms with van der Waals surface area (Å²) in [4.78, 5) is 64.1. The SMILES string of the molecule is C.COC(=O)C(CO)NC(=O)C(COCc1ccccc1)NC(=O)OC(C)(C)C.COC(=O)C1COC(C(COCc2ccccc2)NC(=O)OC(C)(C)C)=N1. The highest BCUT2D eigenvalue weighted by atomic mass is 16.6. The fraction of sp³-hybridized carbons (Fsp3) is 0.538. The number of aliphatic hydroxyl groups is 1. The molecule has 2 aromatic carbocycles. The van der Waals surface area contributed by atoms with E-state index in [0.717, 1.165) is 18.2 Å². The van der Waals surface area contributed by atoms with Gasteiger partial charge in [0, 0.05) is 0 Å². The van der Waals surface area contributed by atoms with E-state index in [1.807, 2.05) is 60.7 Å². The smallest absolute Gasteiger partial charge is 0.408 e. The van der Waals surface area contributed by atoms with Crippen LogP contribution in [0.1, 0.15) is 60.1 Å². The average Bonchev–Trinajstić information content (AvgIpc) is 3.62. The van der Waals surface area contributed by atoms with E-state index in [4.69, 9.17) is 23.7 Å². The molecule has 4 N–H and O–H groups in total. The van der Waals surface area contributed by atoms with E-state index in [-0.39, 0.29) is 39.8 Å². The normalized spacial score (nSPS) is 15.0. The van der Waals surface area contributed by atoms with Crippen LogP contribution in [0.15, 0.2) is 65.7 Å². The van der Waals surface area contributed by atoms with Gasteiger partial charge < -0.3 is 54.2 Å². The van der Waals surface area contributed by atoms with Gasteiger partial charge in [-0.25, -0.2) is 24.2 Å². The van der Waals surface area contributed by atoms with E-state index < -0.39 is 72.0 Å². The molecular formula is C39H58N4O13. The summed E-state index contributed by atoms with van der Waals surface area (Å²) in [6.45, 7) is 10.3. The van der Waals surface area contributed by atoms with Crippen molar-refractivity contribution in [2.75, 3.05) is 40.6 Å². The molecule has 2 aromatic rings. The molecular weight excluding hydrogens is 732 g/mol. The maximum Gasteiger partial charge on any atom is 0.408 e. The van der Waals surface area contributed by atoms with Gasteiger partial charge in [-0.15, -0.1) is 0 Å². The van der Waals surface area contributed by atoms with Crippen LogP contribution in [0.4, 0.5) is 9.59 Å². The first kappa shape index (κ1) is 48.8. The number of carbonyl (C=O) groups is 5. The molecule has 1 aliphatic rings. The topological polar surface area (TPSA) is 219 Å². The highest BCUT2D eigenvalue weighted by Gasteiger charge is 2.33. The zero-order chi connectivity index (χ0) is 41.0. The van der Waals surface area contributed by atoms with Crippen LogP contribution in [0.3, 0.4) is 0 Å². The summed E-state index contributed by atoms with van der Waals surface area (Å²) in [6, 6.07) is 15.1. The van der Waals surface area contributed by atoms with Crippen LogP contribution in [0.2, 0.25) is 0 Å². The third-order valence-corrected chi connectivity index (χ3v) is 6.92. The fourth-order valence-corrected chi connectivity index (χ4v) is 4.43. The van der Waals surface area contributed by atoms with Crippen molar-refractivity contribution in [3.63, 3.8) is 0 Å². The molecule has 4 atom stereocenters. The third-order valence-electron chi connectivity index (χ3n) is 6.92. The minimum atomic E-state index is -1.26. The summed E-state index contributed by atoms with van der Waals surface area (Å²) >= 11 is 0. The van der Waals surface area contributed by atoms with Crippen molar-refractivity contribution >= 4 is 35.9 Å². The number of carbonyl (C=O) groups excluding carboxylic acids is 5. The first-order valence-corrected chi connectivity index (χ1v) is 17.4. The molecule has 3 amide bonds. The van der Waals surface area contributed by atoms with E-state index in [0.29, 0.717) is 6.61 Å². The molecule has 17 heteroatoms. The van der Waals surface area contributed by atoms with Crippen molar-refractivity contribution in [2.24, 2.45) is 4.99 Å². The van der Waals surface area contributed by atoms with Gasteiger partial charge in [-0.1, -0.05) is 68.1 Å². The van der Waals surface area contributed by atoms with Gasteiger partial charge in [0.2, 0.25) is 11.8 Å². The number of hydrogen-bond donors (Lipinski definition) is 4. The number of hydrogen-bond acceptors (Lipinski definition) is 14. The van der Waals surface area contributed by atoms with Gasteiger partial charge in [-0.05, 0) is 52.7 Å². The number of esters is 2. The molecule has 0 aromatic heterocycles. The lowest BCUT2D eigenvalue weighted by molar-refractivity contribution is -0.146. The lowest BCUT2D eigenvalue weighted by atomic mass is 10.2. The Morgan fingerprint density at radius 3 is 1.71 bits per heavy atom. The number of aliphatic hydroxyl groups excluding tert-OH is 1. The van der Waals surface area contributed by atoms with Crippen LogP contribution >= 0.6 is 0 Å². The molecule has 0 radical (unpaired) electrons. The fourth-order valence-electron chi connectivity index (χ4n) is 4.43. The van der Waals surface area contributed by atoms with Gasteiger partial charge in [0.25, 0.3) is 0 Å². The summed E-state index contributed by atoms with van der Waals surface area (Å²) in [5, 5.41) is 16.7. The number of ether oxygens (including phenoxy) is 7. The molecule has 0 bridgehead atoms. The zero-order valence-corrected chi connectivity index (χ0v) is 32.6. The largest absolute Gasteiger partial charge is 0.476 e. The van der Waals surface area contributed by atoms with Crippen molar-refractivity contribution in [1.82, 2.24) is 16.0 Å². The number of methoxy groups -OCH3 is 2. The Bertz CT molecular complexity index is 1540. The number of nitrogens with zero attached hydrogens (tertiary/aromatic N) is 1. The summed E-state index contributed by atoms with van der Waals surface area (Å²) in [5.74, 6) is -1.81. The Morgan fingerprint density at radius 2 is 1.25 bits per heavy atom. The minimum absolute atomic E-state index is 0. The molecule has 0 spiro atoms. The molecule has 1 heterocycles. The molecule has 1 aliphatic heterocycles. The Balaban J connectivity index is 0.000000550. The summed E-state index contributed by atoms with van der Waals surface area (Å²) in [6.07, 6.45) is -1.43. The van der Waals surface area contributed by atoms with E-state index in [1.54, 1.807) is 41.5 Å². The van der Waals surface area contributed by atoms with Gasteiger partial charge >= 0.3 is 24.1 Å². The molecule has 3 rings (SSSR count). The molecule has 17 nitrogen and oxygen atoms in total. The summed E-state index contributed by atoms with van der Waals surface area (Å²) in [7, 11) is 2.42. The first-order chi connectivity index (χ1) is 25.9. The first-order valence-electron chi connectivity index (χ1n) is 17.4. The van der Waals surface area contributed by atoms with Crippen molar-refractivity contribution < 1.29 is 62.2 Å². The second kappa shape index (κ2) is 24.3. The summed E-state index contributed by atoms with van der Waals surface area (Å²) < 4.78 is 36.3. The Hall–Kier alpha value is -5.26. The number of nitrogens with one attached hydrogen (secondary N) is 3. The maximum absolute atomic E-state index is 12.5. The predicted molar refractivity (Wildman–Crippen MR) is 205 cm³/mol. The van der Waals surface area contributed by atoms with Crippen molar-refractivity contribution in [2.45, 2.75) is 97.6 Å². The van der Waals surface area contributed by atoms with Crippen LogP contribution in [-0.2, 0) is 60.8 Å². The van der Waals surface area contributed by atoms with Gasteiger partial charge in [-0.3, -0.25) is 4.79 Å². The van der Waals surface area contributed by atoms with E-state index in [2.05, 4.69) is 30.4 Å². The van der Waals surface area contributed by atoms with E-state index in [1.165, 1.54) is 7.11 Å². The minimum Gasteiger partial charge on any atom is -0.476 e. The van der Waals surface area contributed by atoms with Crippen LogP contribution in [-0.4, -0.2) is 117 Å². The van der Waals surface area contributed by atoms with E-state index in [9.17, 15) is 29.1 Å². The molecule has 56 heavy (non-hydrogen) atoms. The van der Waals surface area contributed by atoms with Crippen LogP contribution in [0, 0.1) is 0 Å². The lowest BCUT2D eigenvalue weighted by Gasteiger charge is -2.24. The molecule has 0 aliphatic carbocycles. The highest BCUT2D eigenvalue weighted by Crippen LogP contribution is 2.13. The predicted octanol–water partition coefficient (Wildman–Crippen LogP) is 3.45. The Labute approximate surface area is 328 Å². The van der Waals surface area contributed by atoms with Gasteiger partial charge in [0.05, 0.1) is 47.3 Å². The second-order valence-electron chi connectivity index (χ2n) is 14.0. The summed E-state index contributed by atoms with van der Waals surface area (Å²) in [5.41, 5.74) is 0.485. The number of benzene rings is 2. The monoisotopic (exact) mass is 790 g/mol. The third kappa shape index (κ3) is 19.4. The van der Waals surface area contributed by atoms with Gasteiger partial charge in [0.15, 0.2) is 12.1 Å². The van der Waals surface area contributed by atoms with Crippen LogP contribution in [0.5, 0.6) is 0 Å². The number of rotatable bonds is 16. The number of amides is 3. The number of aliphatic imine (C=N–C) groups is 1.